The van der Waals surface area contributed by atoms with E-state index in [1.54, 1.807) is 63.3 Å². The van der Waals surface area contributed by atoms with Crippen molar-refractivity contribution in [2.45, 2.75) is 57.1 Å². The summed E-state index contributed by atoms with van der Waals surface area (Å²) in [5.41, 5.74) is -0.656. The number of carbonyl (C=O) groups excluding carboxylic acids is 2. The Balaban J connectivity index is 2.34. The van der Waals surface area contributed by atoms with Crippen LogP contribution in [0.5, 0.6) is 0 Å². The maximum atomic E-state index is 12.9. The zero-order valence-corrected chi connectivity index (χ0v) is 17.5. The molecule has 7 heteroatoms. The van der Waals surface area contributed by atoms with E-state index in [4.69, 9.17) is 4.74 Å². The third kappa shape index (κ3) is 5.79. The number of rotatable bonds is 5. The number of ether oxygens (including phenoxy) is 1. The molecule has 1 amide bonds. The highest BCUT2D eigenvalue weighted by molar-refractivity contribution is 7.95. The molecule has 28 heavy (non-hydrogen) atoms. The monoisotopic (exact) mass is 405 g/mol. The maximum absolute atomic E-state index is 12.9. The summed E-state index contributed by atoms with van der Waals surface area (Å²) in [7, 11) is -3.63. The zero-order valence-electron chi connectivity index (χ0n) is 16.7. The Morgan fingerprint density at radius 2 is 1.86 bits per heavy atom. The molecular weight excluding hydrogens is 378 g/mol. The van der Waals surface area contributed by atoms with Crippen molar-refractivity contribution >= 4 is 21.7 Å². The number of hydrogen-bond acceptors (Lipinski definition) is 5. The highest BCUT2D eigenvalue weighted by Crippen LogP contribution is 2.29. The molecule has 0 aromatic heterocycles. The van der Waals surface area contributed by atoms with Crippen molar-refractivity contribution in [2.75, 3.05) is 6.54 Å². The third-order valence-corrected chi connectivity index (χ3v) is 6.06. The number of nitrogens with zero attached hydrogens (tertiary/aromatic N) is 1. The van der Waals surface area contributed by atoms with Gasteiger partial charge in [-0.1, -0.05) is 24.3 Å². The molecule has 0 aliphatic carbocycles. The van der Waals surface area contributed by atoms with Crippen LogP contribution in [0.2, 0.25) is 0 Å². The highest BCUT2D eigenvalue weighted by atomic mass is 32.2. The van der Waals surface area contributed by atoms with E-state index in [0.717, 1.165) is 0 Å². The fourth-order valence-corrected chi connectivity index (χ4v) is 4.39. The quantitative estimate of drug-likeness (QED) is 0.694. The number of allylic oxidation sites excluding steroid dienone is 1. The van der Waals surface area contributed by atoms with Crippen molar-refractivity contribution in [3.8, 4) is 0 Å². The Morgan fingerprint density at radius 3 is 2.43 bits per heavy atom. The van der Waals surface area contributed by atoms with Crippen LogP contribution in [0.4, 0.5) is 4.79 Å². The summed E-state index contributed by atoms with van der Waals surface area (Å²) in [4.78, 5) is 25.8. The molecule has 1 heterocycles. The number of hydrogen-bond donors (Lipinski definition) is 0. The van der Waals surface area contributed by atoms with Gasteiger partial charge in [0, 0.05) is 17.9 Å². The number of carbonyl (C=O) groups is 2. The summed E-state index contributed by atoms with van der Waals surface area (Å²) >= 11 is 0. The van der Waals surface area contributed by atoms with E-state index >= 15 is 0 Å². The van der Waals surface area contributed by atoms with Crippen LogP contribution in [0.15, 0.2) is 58.4 Å². The van der Waals surface area contributed by atoms with E-state index in [1.165, 1.54) is 17.9 Å². The molecule has 2 rings (SSSR count). The molecule has 0 bridgehead atoms. The second-order valence-electron chi connectivity index (χ2n) is 7.69. The van der Waals surface area contributed by atoms with Crippen molar-refractivity contribution in [1.82, 2.24) is 4.90 Å². The normalized spacial score (nSPS) is 18.1. The first-order valence-corrected chi connectivity index (χ1v) is 10.7. The Bertz CT molecular complexity index is 879. The summed E-state index contributed by atoms with van der Waals surface area (Å²) in [5, 5.41) is 0. The molecule has 0 fully saturated rings. The minimum absolute atomic E-state index is 0.110. The van der Waals surface area contributed by atoms with Gasteiger partial charge in [-0.15, -0.1) is 0 Å². The average Bonchev–Trinajstić information content (AvgIpc) is 2.60. The maximum Gasteiger partial charge on any atom is 0.410 e. The molecule has 1 aliphatic rings. The van der Waals surface area contributed by atoms with Gasteiger partial charge in [-0.05, 0) is 58.4 Å². The van der Waals surface area contributed by atoms with E-state index in [2.05, 4.69) is 0 Å². The second kappa shape index (κ2) is 8.73. The molecule has 1 unspecified atom stereocenters. The molecule has 1 aromatic rings. The zero-order chi connectivity index (χ0) is 20.9. The van der Waals surface area contributed by atoms with E-state index in [-0.39, 0.29) is 28.5 Å². The van der Waals surface area contributed by atoms with E-state index in [1.807, 2.05) is 0 Å². The van der Waals surface area contributed by atoms with Crippen LogP contribution >= 0.6 is 0 Å². The molecule has 0 saturated heterocycles. The minimum atomic E-state index is -3.63. The van der Waals surface area contributed by atoms with E-state index in [0.29, 0.717) is 6.42 Å². The van der Waals surface area contributed by atoms with Crippen molar-refractivity contribution < 1.29 is 22.7 Å². The van der Waals surface area contributed by atoms with Crippen LogP contribution in [-0.2, 0) is 19.4 Å². The second-order valence-corrected chi connectivity index (χ2v) is 9.69. The SMILES string of the molecule is CC(=O)/C=C/CC1C=C(S(=O)(=O)c2ccccc2)CCN1C(=O)OC(C)(C)C. The van der Waals surface area contributed by atoms with Crippen molar-refractivity contribution in [3.05, 3.63) is 53.5 Å². The molecule has 6 nitrogen and oxygen atoms in total. The largest absolute Gasteiger partial charge is 0.444 e. The van der Waals surface area contributed by atoms with Gasteiger partial charge < -0.3 is 9.64 Å². The van der Waals surface area contributed by atoms with Crippen LogP contribution < -0.4 is 0 Å². The van der Waals surface area contributed by atoms with Crippen LogP contribution in [0.3, 0.4) is 0 Å². The predicted molar refractivity (Wildman–Crippen MR) is 107 cm³/mol. The van der Waals surface area contributed by atoms with Crippen molar-refractivity contribution in [3.63, 3.8) is 0 Å². The standard InChI is InChI=1S/C21H27NO5S/c1-16(23)9-8-10-17-15-19(28(25,26)18-11-6-5-7-12-18)13-14-22(17)20(24)27-21(2,3)4/h5-9,11-12,15,17H,10,13-14H2,1-4H3/b9-8+. The van der Waals surface area contributed by atoms with Crippen LogP contribution in [0.25, 0.3) is 0 Å². The minimum Gasteiger partial charge on any atom is -0.444 e. The van der Waals surface area contributed by atoms with Gasteiger partial charge in [0.15, 0.2) is 5.78 Å². The Hall–Kier alpha value is -2.41. The van der Waals surface area contributed by atoms with Crippen LogP contribution in [0, 0.1) is 0 Å². The third-order valence-electron chi connectivity index (χ3n) is 4.13. The first-order chi connectivity index (χ1) is 13.0. The predicted octanol–water partition coefficient (Wildman–Crippen LogP) is 3.89. The highest BCUT2D eigenvalue weighted by Gasteiger charge is 2.33. The first kappa shape index (κ1) is 21.9. The fourth-order valence-electron chi connectivity index (χ4n) is 2.88. The van der Waals surface area contributed by atoms with Gasteiger partial charge in [-0.3, -0.25) is 4.79 Å². The lowest BCUT2D eigenvalue weighted by atomic mass is 10.1. The lowest BCUT2D eigenvalue weighted by Gasteiger charge is -2.35. The number of benzene rings is 1. The summed E-state index contributed by atoms with van der Waals surface area (Å²) in [6.45, 7) is 7.00. The molecule has 1 aliphatic heterocycles. The van der Waals surface area contributed by atoms with Gasteiger partial charge in [0.1, 0.15) is 5.60 Å². The summed E-state index contributed by atoms with van der Waals surface area (Å²) in [6, 6.07) is 7.72. The molecule has 0 saturated carbocycles. The van der Waals surface area contributed by atoms with Gasteiger partial charge in [0.25, 0.3) is 0 Å². The Labute approximate surface area is 166 Å². The number of amides is 1. The van der Waals surface area contributed by atoms with Gasteiger partial charge >= 0.3 is 6.09 Å². The number of sulfone groups is 1. The summed E-state index contributed by atoms with van der Waals surface area (Å²) in [6.07, 6.45) is 4.71. The Morgan fingerprint density at radius 1 is 1.21 bits per heavy atom. The fraction of sp³-hybridized carbons (Fsp3) is 0.429. The van der Waals surface area contributed by atoms with E-state index in [9.17, 15) is 18.0 Å². The average molecular weight is 406 g/mol. The molecule has 0 N–H and O–H groups in total. The van der Waals surface area contributed by atoms with E-state index < -0.39 is 27.6 Å². The van der Waals surface area contributed by atoms with Crippen LogP contribution in [-0.4, -0.2) is 43.4 Å². The molecule has 0 radical (unpaired) electrons. The van der Waals surface area contributed by atoms with Crippen molar-refractivity contribution in [1.29, 1.82) is 0 Å². The topological polar surface area (TPSA) is 80.8 Å². The van der Waals surface area contributed by atoms with Crippen molar-refractivity contribution in [2.24, 2.45) is 0 Å². The first-order valence-electron chi connectivity index (χ1n) is 9.18. The lowest BCUT2D eigenvalue weighted by molar-refractivity contribution is -0.112. The smallest absolute Gasteiger partial charge is 0.410 e. The van der Waals surface area contributed by atoms with Gasteiger partial charge in [0.05, 0.1) is 10.9 Å². The van der Waals surface area contributed by atoms with Gasteiger partial charge in [0.2, 0.25) is 9.84 Å². The van der Waals surface area contributed by atoms with Gasteiger partial charge in [-0.25, -0.2) is 13.2 Å². The molecular formula is C21H27NO5S. The van der Waals surface area contributed by atoms with Crippen LogP contribution in [0.1, 0.15) is 40.5 Å². The van der Waals surface area contributed by atoms with Gasteiger partial charge in [-0.2, -0.15) is 0 Å². The summed E-state index contributed by atoms with van der Waals surface area (Å²) < 4.78 is 31.3. The lowest BCUT2D eigenvalue weighted by Crippen LogP contribution is -2.45. The number of ketones is 1. The molecule has 1 atom stereocenters. The summed E-state index contributed by atoms with van der Waals surface area (Å²) in [5.74, 6) is -0.110. The molecule has 0 spiro atoms. The molecule has 152 valence electrons. The molecule has 1 aromatic carbocycles. The Kier molecular flexibility index (Phi) is 6.82.